The largest absolute Gasteiger partial charge is 0.490 e. The van der Waals surface area contributed by atoms with Crippen molar-refractivity contribution in [3.8, 4) is 11.5 Å². The number of halogens is 2. The van der Waals surface area contributed by atoms with Crippen molar-refractivity contribution in [2.24, 2.45) is 0 Å². The molecule has 1 N–H and O–H groups in total. The van der Waals surface area contributed by atoms with Crippen LogP contribution in [0, 0.1) is 11.6 Å². The summed E-state index contributed by atoms with van der Waals surface area (Å²) in [5.74, 6) is -0.446. The van der Waals surface area contributed by atoms with Crippen molar-refractivity contribution in [1.29, 1.82) is 0 Å². The van der Waals surface area contributed by atoms with E-state index in [2.05, 4.69) is 5.32 Å². The molecule has 0 fully saturated rings. The van der Waals surface area contributed by atoms with Gasteiger partial charge in [-0.15, -0.1) is 11.8 Å². The third-order valence-corrected chi connectivity index (χ3v) is 4.60. The van der Waals surface area contributed by atoms with Gasteiger partial charge >= 0.3 is 0 Å². The standard InChI is InChI=1S/C20H23F2NO3S/c1-3-25-18-8-5-14(11-19(18)26-4-2)9-10-23-20(24)13-27-15-6-7-16(21)17(22)12-15/h5-8,11-12H,3-4,9-10,13H2,1-2H3,(H,23,24). The summed E-state index contributed by atoms with van der Waals surface area (Å²) in [6.07, 6.45) is 0.647. The summed E-state index contributed by atoms with van der Waals surface area (Å²) in [5.41, 5.74) is 1.02. The van der Waals surface area contributed by atoms with E-state index < -0.39 is 11.6 Å². The van der Waals surface area contributed by atoms with Crippen LogP contribution >= 0.6 is 11.8 Å². The minimum absolute atomic E-state index is 0.137. The molecule has 0 spiro atoms. The summed E-state index contributed by atoms with van der Waals surface area (Å²) in [7, 11) is 0. The zero-order valence-corrected chi connectivity index (χ0v) is 16.2. The summed E-state index contributed by atoms with van der Waals surface area (Å²) in [5, 5.41) is 2.82. The second-order valence-electron chi connectivity index (χ2n) is 5.61. The molecular weight excluding hydrogens is 372 g/mol. The highest BCUT2D eigenvalue weighted by Crippen LogP contribution is 2.28. The first-order valence-electron chi connectivity index (χ1n) is 8.76. The van der Waals surface area contributed by atoms with Crippen LogP contribution in [-0.4, -0.2) is 31.4 Å². The number of carbonyl (C=O) groups is 1. The van der Waals surface area contributed by atoms with Crippen LogP contribution < -0.4 is 14.8 Å². The number of rotatable bonds is 10. The molecule has 0 aliphatic rings. The molecule has 0 saturated heterocycles. The Balaban J connectivity index is 1.80. The Kier molecular flexibility index (Phi) is 8.39. The normalized spacial score (nSPS) is 10.5. The Hall–Kier alpha value is -2.28. The highest BCUT2D eigenvalue weighted by atomic mass is 32.2. The van der Waals surface area contributed by atoms with E-state index in [1.165, 1.54) is 6.07 Å². The van der Waals surface area contributed by atoms with E-state index in [-0.39, 0.29) is 11.7 Å². The maximum Gasteiger partial charge on any atom is 0.230 e. The van der Waals surface area contributed by atoms with Gasteiger partial charge in [0, 0.05) is 11.4 Å². The van der Waals surface area contributed by atoms with Gasteiger partial charge in [0.15, 0.2) is 23.1 Å². The first kappa shape index (κ1) is 21.0. The van der Waals surface area contributed by atoms with Crippen LogP contribution in [0.4, 0.5) is 8.78 Å². The lowest BCUT2D eigenvalue weighted by Crippen LogP contribution is -2.27. The number of hydrogen-bond donors (Lipinski definition) is 1. The number of ether oxygens (including phenoxy) is 2. The molecule has 0 atom stereocenters. The van der Waals surface area contributed by atoms with Gasteiger partial charge in [0.1, 0.15) is 0 Å². The number of amides is 1. The lowest BCUT2D eigenvalue weighted by molar-refractivity contribution is -0.118. The van der Waals surface area contributed by atoms with Crippen LogP contribution in [0.2, 0.25) is 0 Å². The number of nitrogens with one attached hydrogen (secondary N) is 1. The molecule has 146 valence electrons. The molecule has 27 heavy (non-hydrogen) atoms. The van der Waals surface area contributed by atoms with Crippen molar-refractivity contribution in [2.75, 3.05) is 25.5 Å². The lowest BCUT2D eigenvalue weighted by atomic mass is 10.1. The molecule has 0 aromatic heterocycles. The predicted molar refractivity (Wildman–Crippen MR) is 103 cm³/mol. The quantitative estimate of drug-likeness (QED) is 0.612. The van der Waals surface area contributed by atoms with Gasteiger partial charge in [-0.2, -0.15) is 0 Å². The minimum atomic E-state index is -0.916. The number of hydrogen-bond acceptors (Lipinski definition) is 4. The molecule has 0 bridgehead atoms. The Morgan fingerprint density at radius 1 is 1.00 bits per heavy atom. The van der Waals surface area contributed by atoms with Gasteiger partial charge in [0.25, 0.3) is 0 Å². The second kappa shape index (κ2) is 10.8. The van der Waals surface area contributed by atoms with E-state index in [9.17, 15) is 13.6 Å². The Bertz CT molecular complexity index is 771. The summed E-state index contributed by atoms with van der Waals surface area (Å²) in [6.45, 7) is 5.40. The molecule has 2 aromatic rings. The van der Waals surface area contributed by atoms with Gasteiger partial charge in [0.05, 0.1) is 19.0 Å². The fourth-order valence-corrected chi connectivity index (χ4v) is 3.11. The van der Waals surface area contributed by atoms with Crippen LogP contribution in [-0.2, 0) is 11.2 Å². The van der Waals surface area contributed by atoms with Gasteiger partial charge in [-0.3, -0.25) is 4.79 Å². The summed E-state index contributed by atoms with van der Waals surface area (Å²) < 4.78 is 37.2. The molecule has 0 heterocycles. The van der Waals surface area contributed by atoms with Crippen LogP contribution in [0.3, 0.4) is 0 Å². The highest BCUT2D eigenvalue weighted by Gasteiger charge is 2.08. The molecule has 2 aromatic carbocycles. The van der Waals surface area contributed by atoms with Crippen LogP contribution in [0.1, 0.15) is 19.4 Å². The number of carbonyl (C=O) groups excluding carboxylic acids is 1. The van der Waals surface area contributed by atoms with Gasteiger partial charge < -0.3 is 14.8 Å². The maximum atomic E-state index is 13.2. The molecule has 7 heteroatoms. The van der Waals surface area contributed by atoms with Gasteiger partial charge in [-0.05, 0) is 56.2 Å². The molecular formula is C20H23F2NO3S. The Morgan fingerprint density at radius 3 is 2.44 bits per heavy atom. The smallest absolute Gasteiger partial charge is 0.230 e. The lowest BCUT2D eigenvalue weighted by Gasteiger charge is -2.12. The molecule has 0 radical (unpaired) electrons. The van der Waals surface area contributed by atoms with Crippen molar-refractivity contribution < 1.29 is 23.0 Å². The van der Waals surface area contributed by atoms with E-state index in [1.807, 2.05) is 32.0 Å². The molecule has 0 unspecified atom stereocenters. The molecule has 0 aliphatic carbocycles. The number of benzene rings is 2. The fraction of sp³-hybridized carbons (Fsp3) is 0.350. The SMILES string of the molecule is CCOc1ccc(CCNC(=O)CSc2ccc(F)c(F)c2)cc1OCC. The maximum absolute atomic E-state index is 13.2. The first-order chi connectivity index (χ1) is 13.0. The summed E-state index contributed by atoms with van der Waals surface area (Å²) in [6, 6.07) is 9.31. The van der Waals surface area contributed by atoms with E-state index in [1.54, 1.807) is 0 Å². The van der Waals surface area contributed by atoms with Crippen molar-refractivity contribution in [2.45, 2.75) is 25.2 Å². The highest BCUT2D eigenvalue weighted by molar-refractivity contribution is 8.00. The number of thioether (sulfide) groups is 1. The first-order valence-corrected chi connectivity index (χ1v) is 9.75. The van der Waals surface area contributed by atoms with Crippen molar-refractivity contribution >= 4 is 17.7 Å². The third kappa shape index (κ3) is 6.75. The van der Waals surface area contributed by atoms with Crippen molar-refractivity contribution in [1.82, 2.24) is 5.32 Å². The predicted octanol–water partition coefficient (Wildman–Crippen LogP) is 4.21. The van der Waals surface area contributed by atoms with Crippen molar-refractivity contribution in [3.63, 3.8) is 0 Å². The topological polar surface area (TPSA) is 47.6 Å². The van der Waals surface area contributed by atoms with Crippen LogP contribution in [0.5, 0.6) is 11.5 Å². The monoisotopic (exact) mass is 395 g/mol. The molecule has 0 saturated carbocycles. The summed E-state index contributed by atoms with van der Waals surface area (Å²) >= 11 is 1.16. The van der Waals surface area contributed by atoms with E-state index in [4.69, 9.17) is 9.47 Å². The fourth-order valence-electron chi connectivity index (χ4n) is 2.36. The van der Waals surface area contributed by atoms with E-state index in [0.29, 0.717) is 42.6 Å². The molecule has 0 aliphatic heterocycles. The zero-order valence-electron chi connectivity index (χ0n) is 15.4. The average Bonchev–Trinajstić information content (AvgIpc) is 2.65. The zero-order chi connectivity index (χ0) is 19.6. The van der Waals surface area contributed by atoms with Crippen molar-refractivity contribution in [3.05, 3.63) is 53.6 Å². The van der Waals surface area contributed by atoms with Crippen LogP contribution in [0.15, 0.2) is 41.3 Å². The van der Waals surface area contributed by atoms with Gasteiger partial charge in [0.2, 0.25) is 5.91 Å². The molecule has 1 amide bonds. The Morgan fingerprint density at radius 2 is 1.74 bits per heavy atom. The minimum Gasteiger partial charge on any atom is -0.490 e. The third-order valence-electron chi connectivity index (χ3n) is 3.60. The van der Waals surface area contributed by atoms with Crippen LogP contribution in [0.25, 0.3) is 0 Å². The van der Waals surface area contributed by atoms with Gasteiger partial charge in [-0.1, -0.05) is 6.07 Å². The molecule has 2 rings (SSSR count). The Labute approximate surface area is 162 Å². The second-order valence-corrected chi connectivity index (χ2v) is 6.66. The summed E-state index contributed by atoms with van der Waals surface area (Å²) in [4.78, 5) is 12.4. The van der Waals surface area contributed by atoms with Gasteiger partial charge in [-0.25, -0.2) is 8.78 Å². The van der Waals surface area contributed by atoms with E-state index in [0.717, 1.165) is 29.5 Å². The van der Waals surface area contributed by atoms with E-state index >= 15 is 0 Å². The molecule has 4 nitrogen and oxygen atoms in total. The average molecular weight is 395 g/mol.